The van der Waals surface area contributed by atoms with Crippen LogP contribution in [0.5, 0.6) is 0 Å². The molecule has 12 heavy (non-hydrogen) atoms. The Kier molecular flexibility index (Phi) is 1.50. The predicted octanol–water partition coefficient (Wildman–Crippen LogP) is 0.442. The highest BCUT2D eigenvalue weighted by Crippen LogP contribution is 2.49. The van der Waals surface area contributed by atoms with Gasteiger partial charge in [-0.05, 0) is 25.2 Å². The number of hydrogen-bond acceptors (Lipinski definition) is 2. The fraction of sp³-hybridized carbons (Fsp3) is 0.778. The van der Waals surface area contributed by atoms with Gasteiger partial charge in [0.15, 0.2) is 5.78 Å². The molecular formula is C9H13NO2. The van der Waals surface area contributed by atoms with E-state index in [9.17, 15) is 9.59 Å². The van der Waals surface area contributed by atoms with Crippen LogP contribution >= 0.6 is 0 Å². The van der Waals surface area contributed by atoms with Crippen molar-refractivity contribution >= 4 is 11.7 Å². The first-order valence-corrected chi connectivity index (χ1v) is 4.39. The van der Waals surface area contributed by atoms with E-state index in [1.807, 2.05) is 0 Å². The van der Waals surface area contributed by atoms with Gasteiger partial charge in [-0.2, -0.15) is 0 Å². The summed E-state index contributed by atoms with van der Waals surface area (Å²) in [6.45, 7) is 3.94. The molecule has 0 unspecified atom stereocenters. The van der Waals surface area contributed by atoms with Crippen molar-refractivity contribution in [2.45, 2.75) is 26.3 Å². The van der Waals surface area contributed by atoms with E-state index in [0.717, 1.165) is 13.0 Å². The van der Waals surface area contributed by atoms with Gasteiger partial charge in [0.05, 0.1) is 6.04 Å². The molecule has 1 aliphatic heterocycles. The number of carbonyl (C=O) groups is 2. The molecule has 0 spiro atoms. The lowest BCUT2D eigenvalue weighted by molar-refractivity contribution is -0.136. The van der Waals surface area contributed by atoms with E-state index in [1.165, 1.54) is 0 Å². The molecule has 0 radical (unpaired) electrons. The molecule has 0 aromatic rings. The fourth-order valence-electron chi connectivity index (χ4n) is 2.31. The predicted molar refractivity (Wildman–Crippen MR) is 43.5 cm³/mol. The van der Waals surface area contributed by atoms with Gasteiger partial charge in [-0.15, -0.1) is 0 Å². The highest BCUT2D eigenvalue weighted by molar-refractivity contribution is 5.88. The zero-order valence-corrected chi connectivity index (χ0v) is 7.41. The molecule has 2 fully saturated rings. The second-order valence-corrected chi connectivity index (χ2v) is 3.89. The molecule has 1 heterocycles. The van der Waals surface area contributed by atoms with E-state index in [4.69, 9.17) is 0 Å². The number of fused-ring (bicyclic) bond motifs is 1. The molecule has 3 nitrogen and oxygen atoms in total. The second-order valence-electron chi connectivity index (χ2n) is 3.89. The third kappa shape index (κ3) is 0.958. The smallest absolute Gasteiger partial charge is 0.220 e. The topological polar surface area (TPSA) is 37.4 Å². The van der Waals surface area contributed by atoms with Crippen LogP contribution in [0.3, 0.4) is 0 Å². The van der Waals surface area contributed by atoms with Crippen molar-refractivity contribution in [3.05, 3.63) is 0 Å². The van der Waals surface area contributed by atoms with Gasteiger partial charge in [-0.25, -0.2) is 0 Å². The van der Waals surface area contributed by atoms with Crippen molar-refractivity contribution in [3.63, 3.8) is 0 Å². The molecule has 2 rings (SSSR count). The van der Waals surface area contributed by atoms with Crippen molar-refractivity contribution < 1.29 is 9.59 Å². The van der Waals surface area contributed by atoms with E-state index < -0.39 is 0 Å². The SMILES string of the molecule is CC(=O)[C@@H]1[C@H]2C[C@H]2CN1C(C)=O. The molecule has 1 saturated carbocycles. The minimum absolute atomic E-state index is 0.0439. The molecule has 1 saturated heterocycles. The summed E-state index contributed by atoms with van der Waals surface area (Å²) in [5.41, 5.74) is 0. The van der Waals surface area contributed by atoms with Crippen molar-refractivity contribution in [2.24, 2.45) is 11.8 Å². The van der Waals surface area contributed by atoms with Crippen molar-refractivity contribution in [1.82, 2.24) is 4.90 Å². The van der Waals surface area contributed by atoms with Crippen molar-refractivity contribution in [3.8, 4) is 0 Å². The monoisotopic (exact) mass is 167 g/mol. The highest BCUT2D eigenvalue weighted by Gasteiger charge is 2.54. The van der Waals surface area contributed by atoms with Crippen LogP contribution < -0.4 is 0 Å². The first-order chi connectivity index (χ1) is 5.61. The molecule has 0 aromatic heterocycles. The number of rotatable bonds is 1. The standard InChI is InChI=1S/C9H13NO2/c1-5(11)9-8-3-7(8)4-10(9)6(2)12/h7-9H,3-4H2,1-2H3/t7-,8-,9+/m0/s1. The highest BCUT2D eigenvalue weighted by atomic mass is 16.2. The van der Waals surface area contributed by atoms with Gasteiger partial charge in [0, 0.05) is 13.5 Å². The fourth-order valence-corrected chi connectivity index (χ4v) is 2.31. The molecule has 0 aromatic carbocycles. The van der Waals surface area contributed by atoms with E-state index >= 15 is 0 Å². The number of nitrogens with zero attached hydrogens (tertiary/aromatic N) is 1. The van der Waals surface area contributed by atoms with Crippen molar-refractivity contribution in [2.75, 3.05) is 6.54 Å². The summed E-state index contributed by atoms with van der Waals surface area (Å²) in [4.78, 5) is 24.0. The molecule has 2 aliphatic rings. The van der Waals surface area contributed by atoms with Gasteiger partial charge in [-0.3, -0.25) is 9.59 Å². The summed E-state index contributed by atoms with van der Waals surface area (Å²) < 4.78 is 0. The quantitative estimate of drug-likeness (QED) is 0.568. The molecule has 1 aliphatic carbocycles. The maximum Gasteiger partial charge on any atom is 0.220 e. The third-order valence-corrected chi connectivity index (χ3v) is 2.97. The van der Waals surface area contributed by atoms with E-state index in [1.54, 1.807) is 18.7 Å². The maximum atomic E-state index is 11.2. The first kappa shape index (κ1) is 7.77. The Bertz CT molecular complexity index is 249. The van der Waals surface area contributed by atoms with Gasteiger partial charge < -0.3 is 4.90 Å². The lowest BCUT2D eigenvalue weighted by Crippen LogP contribution is -2.41. The van der Waals surface area contributed by atoms with Gasteiger partial charge >= 0.3 is 0 Å². The Balaban J connectivity index is 2.16. The van der Waals surface area contributed by atoms with Gasteiger partial charge in [0.1, 0.15) is 0 Å². The molecule has 3 heteroatoms. The summed E-state index contributed by atoms with van der Waals surface area (Å²) in [5.74, 6) is 1.31. The van der Waals surface area contributed by atoms with Crippen molar-refractivity contribution in [1.29, 1.82) is 0 Å². The summed E-state index contributed by atoms with van der Waals surface area (Å²) in [6, 6.07) is -0.0903. The molecule has 0 bridgehead atoms. The van der Waals surface area contributed by atoms with E-state index in [0.29, 0.717) is 11.8 Å². The third-order valence-electron chi connectivity index (χ3n) is 2.97. The van der Waals surface area contributed by atoms with Crippen LogP contribution in [0, 0.1) is 11.8 Å². The molecular weight excluding hydrogens is 154 g/mol. The van der Waals surface area contributed by atoms with Crippen LogP contribution in [-0.2, 0) is 9.59 Å². The summed E-state index contributed by atoms with van der Waals surface area (Å²) >= 11 is 0. The van der Waals surface area contributed by atoms with Gasteiger partial charge in [0.25, 0.3) is 0 Å². The number of Topliss-reactive ketones (excluding diaryl/α,β-unsaturated/α-hetero) is 1. The number of likely N-dealkylation sites (tertiary alicyclic amines) is 1. The molecule has 66 valence electrons. The maximum absolute atomic E-state index is 11.2. The Morgan fingerprint density at radius 3 is 2.42 bits per heavy atom. The van der Waals surface area contributed by atoms with E-state index in [2.05, 4.69) is 0 Å². The number of piperidine rings is 1. The summed E-state index contributed by atoms with van der Waals surface area (Å²) in [5, 5.41) is 0. The largest absolute Gasteiger partial charge is 0.332 e. The molecule has 3 atom stereocenters. The molecule has 0 N–H and O–H groups in total. The second kappa shape index (κ2) is 2.31. The summed E-state index contributed by atoms with van der Waals surface area (Å²) in [7, 11) is 0. The zero-order chi connectivity index (χ0) is 8.88. The summed E-state index contributed by atoms with van der Waals surface area (Å²) in [6.07, 6.45) is 1.15. The number of carbonyl (C=O) groups excluding carboxylic acids is 2. The first-order valence-electron chi connectivity index (χ1n) is 4.39. The average molecular weight is 167 g/mol. The normalized spacial score (nSPS) is 37.8. The Morgan fingerprint density at radius 2 is 2.00 bits per heavy atom. The Hall–Kier alpha value is -0.860. The Morgan fingerprint density at radius 1 is 1.33 bits per heavy atom. The van der Waals surface area contributed by atoms with E-state index in [-0.39, 0.29) is 17.7 Å². The van der Waals surface area contributed by atoms with Crippen LogP contribution in [0.25, 0.3) is 0 Å². The lowest BCUT2D eigenvalue weighted by Gasteiger charge is -2.23. The zero-order valence-electron chi connectivity index (χ0n) is 7.41. The van der Waals surface area contributed by atoms with Crippen LogP contribution in [-0.4, -0.2) is 29.2 Å². The molecule has 1 amide bonds. The lowest BCUT2D eigenvalue weighted by atomic mass is 10.1. The number of ketones is 1. The minimum atomic E-state index is -0.0903. The Labute approximate surface area is 71.7 Å². The van der Waals surface area contributed by atoms with Crippen LogP contribution in [0.15, 0.2) is 0 Å². The number of hydrogen-bond donors (Lipinski definition) is 0. The average Bonchev–Trinajstić information content (AvgIpc) is 2.60. The van der Waals surface area contributed by atoms with Crippen LogP contribution in [0.4, 0.5) is 0 Å². The minimum Gasteiger partial charge on any atom is -0.332 e. The van der Waals surface area contributed by atoms with Crippen LogP contribution in [0.1, 0.15) is 20.3 Å². The van der Waals surface area contributed by atoms with Gasteiger partial charge in [0.2, 0.25) is 5.91 Å². The van der Waals surface area contributed by atoms with Gasteiger partial charge in [-0.1, -0.05) is 0 Å². The number of amides is 1. The van der Waals surface area contributed by atoms with Crippen LogP contribution in [0.2, 0.25) is 0 Å².